The van der Waals surface area contributed by atoms with Crippen molar-refractivity contribution in [2.45, 2.75) is 6.54 Å². The van der Waals surface area contributed by atoms with E-state index in [0.717, 1.165) is 5.56 Å². The van der Waals surface area contributed by atoms with E-state index in [4.69, 9.17) is 0 Å². The van der Waals surface area contributed by atoms with Gasteiger partial charge in [-0.05, 0) is 29.0 Å². The lowest BCUT2D eigenvalue weighted by Gasteiger charge is -1.97. The Labute approximate surface area is 108 Å². The largest absolute Gasteiger partial charge is 0.264 e. The van der Waals surface area contributed by atoms with Crippen LogP contribution in [0.25, 0.3) is 11.4 Å². The molecule has 6 heteroatoms. The number of nitrogens with zero attached hydrogens (tertiary/aromatic N) is 5. The highest BCUT2D eigenvalue weighted by Crippen LogP contribution is 2.14. The molecule has 0 bridgehead atoms. The van der Waals surface area contributed by atoms with Crippen LogP contribution in [0.1, 0.15) is 5.56 Å². The fraction of sp³-hybridized carbons (Fsp3) is 0.0769. The molecule has 0 spiro atoms. The number of aromatic nitrogens is 5. The smallest absolute Gasteiger partial charge is 0.205 e. The van der Waals surface area contributed by atoms with Crippen LogP contribution in [0.4, 0.5) is 4.39 Å². The molecule has 0 unspecified atom stereocenters. The maximum absolute atomic E-state index is 13.1. The first-order chi connectivity index (χ1) is 9.31. The predicted molar refractivity (Wildman–Crippen MR) is 66.6 cm³/mol. The van der Waals surface area contributed by atoms with Crippen molar-refractivity contribution >= 4 is 0 Å². The lowest BCUT2D eigenvalue weighted by atomic mass is 10.2. The summed E-state index contributed by atoms with van der Waals surface area (Å²) < 4.78 is 13.1. The normalized spacial score (nSPS) is 10.6. The first kappa shape index (κ1) is 11.5. The van der Waals surface area contributed by atoms with E-state index in [2.05, 4.69) is 20.4 Å². The van der Waals surface area contributed by atoms with Gasteiger partial charge in [-0.25, -0.2) is 4.39 Å². The van der Waals surface area contributed by atoms with Crippen LogP contribution in [0.15, 0.2) is 48.8 Å². The molecule has 0 N–H and O–H groups in total. The van der Waals surface area contributed by atoms with Gasteiger partial charge in [0.15, 0.2) is 0 Å². The summed E-state index contributed by atoms with van der Waals surface area (Å²) in [5.74, 6) is 0.0875. The molecule has 19 heavy (non-hydrogen) atoms. The molecule has 0 aliphatic carbocycles. The zero-order valence-electron chi connectivity index (χ0n) is 9.94. The number of pyridine rings is 1. The Morgan fingerprint density at radius 2 is 2.11 bits per heavy atom. The van der Waals surface area contributed by atoms with Gasteiger partial charge in [-0.3, -0.25) is 4.98 Å². The van der Waals surface area contributed by atoms with Crippen molar-refractivity contribution in [2.24, 2.45) is 0 Å². The molecule has 0 aliphatic heterocycles. The third-order valence-corrected chi connectivity index (χ3v) is 2.58. The van der Waals surface area contributed by atoms with E-state index < -0.39 is 0 Å². The number of rotatable bonds is 3. The van der Waals surface area contributed by atoms with Gasteiger partial charge in [0.2, 0.25) is 5.82 Å². The van der Waals surface area contributed by atoms with Crippen molar-refractivity contribution in [3.8, 4) is 11.4 Å². The van der Waals surface area contributed by atoms with Crippen molar-refractivity contribution in [2.75, 3.05) is 0 Å². The van der Waals surface area contributed by atoms with Gasteiger partial charge in [0, 0.05) is 18.0 Å². The second-order valence-corrected chi connectivity index (χ2v) is 4.02. The lowest BCUT2D eigenvalue weighted by molar-refractivity contribution is 0.571. The van der Waals surface area contributed by atoms with E-state index in [0.29, 0.717) is 17.9 Å². The van der Waals surface area contributed by atoms with E-state index >= 15 is 0 Å². The van der Waals surface area contributed by atoms with Crippen LogP contribution in [0.3, 0.4) is 0 Å². The molecule has 0 saturated heterocycles. The van der Waals surface area contributed by atoms with Gasteiger partial charge in [0.25, 0.3) is 0 Å². The van der Waals surface area contributed by atoms with Gasteiger partial charge in [0.1, 0.15) is 5.82 Å². The van der Waals surface area contributed by atoms with Crippen LogP contribution in [0.2, 0.25) is 0 Å². The average Bonchev–Trinajstić information content (AvgIpc) is 2.88. The summed E-state index contributed by atoms with van der Waals surface area (Å²) in [6.07, 6.45) is 3.45. The van der Waals surface area contributed by atoms with Crippen LogP contribution in [-0.4, -0.2) is 25.2 Å². The van der Waals surface area contributed by atoms with Gasteiger partial charge >= 0.3 is 0 Å². The Hall–Kier alpha value is -2.63. The predicted octanol–water partition coefficient (Wildman–Crippen LogP) is 1.92. The molecule has 2 aromatic heterocycles. The van der Waals surface area contributed by atoms with Crippen molar-refractivity contribution in [1.82, 2.24) is 25.2 Å². The fourth-order valence-electron chi connectivity index (χ4n) is 1.71. The molecule has 3 rings (SSSR count). The van der Waals surface area contributed by atoms with Gasteiger partial charge < -0.3 is 0 Å². The van der Waals surface area contributed by atoms with Crippen LogP contribution < -0.4 is 0 Å². The second kappa shape index (κ2) is 4.93. The average molecular weight is 255 g/mol. The van der Waals surface area contributed by atoms with Gasteiger partial charge in [0.05, 0.1) is 6.54 Å². The molecule has 3 aromatic rings. The molecule has 5 nitrogen and oxygen atoms in total. The molecule has 0 saturated carbocycles. The lowest BCUT2D eigenvalue weighted by Crippen LogP contribution is -2.04. The van der Waals surface area contributed by atoms with E-state index in [1.807, 2.05) is 12.1 Å². The SMILES string of the molecule is Fc1cccc(-c2nnn(Cc3cccnc3)n2)c1. The van der Waals surface area contributed by atoms with Crippen LogP contribution >= 0.6 is 0 Å². The van der Waals surface area contributed by atoms with Gasteiger partial charge in [-0.1, -0.05) is 18.2 Å². The molecule has 0 fully saturated rings. The summed E-state index contributed by atoms with van der Waals surface area (Å²) in [6, 6.07) is 9.90. The second-order valence-electron chi connectivity index (χ2n) is 4.02. The number of benzene rings is 1. The summed E-state index contributed by atoms with van der Waals surface area (Å²) in [6.45, 7) is 0.482. The minimum absolute atomic E-state index is 0.318. The molecule has 1 aromatic carbocycles. The maximum atomic E-state index is 13.1. The molecule has 0 aliphatic rings. The minimum Gasteiger partial charge on any atom is -0.264 e. The zero-order valence-corrected chi connectivity index (χ0v) is 9.94. The third kappa shape index (κ3) is 2.62. The summed E-state index contributed by atoms with van der Waals surface area (Å²) in [7, 11) is 0. The number of hydrogen-bond acceptors (Lipinski definition) is 4. The molecule has 0 atom stereocenters. The van der Waals surface area contributed by atoms with Crippen molar-refractivity contribution in [3.63, 3.8) is 0 Å². The van der Waals surface area contributed by atoms with Crippen molar-refractivity contribution in [1.29, 1.82) is 0 Å². The standard InChI is InChI=1S/C13H10FN5/c14-12-5-1-4-11(7-12)13-16-18-19(17-13)9-10-3-2-6-15-8-10/h1-8H,9H2. The zero-order chi connectivity index (χ0) is 13.1. The minimum atomic E-state index is -0.318. The third-order valence-electron chi connectivity index (χ3n) is 2.58. The Kier molecular flexibility index (Phi) is 2.97. The fourth-order valence-corrected chi connectivity index (χ4v) is 1.71. The van der Waals surface area contributed by atoms with Crippen molar-refractivity contribution < 1.29 is 4.39 Å². The first-order valence-electron chi connectivity index (χ1n) is 5.74. The molecule has 0 radical (unpaired) electrons. The van der Waals surface area contributed by atoms with Gasteiger partial charge in [-0.2, -0.15) is 4.80 Å². The van der Waals surface area contributed by atoms with Crippen LogP contribution in [0, 0.1) is 5.82 Å². The quantitative estimate of drug-likeness (QED) is 0.717. The van der Waals surface area contributed by atoms with E-state index in [1.165, 1.54) is 16.9 Å². The number of halogens is 1. The summed E-state index contributed by atoms with van der Waals surface area (Å²) in [5, 5.41) is 12.1. The summed E-state index contributed by atoms with van der Waals surface area (Å²) in [5.41, 5.74) is 1.59. The number of hydrogen-bond donors (Lipinski definition) is 0. The molecular weight excluding hydrogens is 245 g/mol. The molecule has 94 valence electrons. The highest BCUT2D eigenvalue weighted by Gasteiger charge is 2.07. The summed E-state index contributed by atoms with van der Waals surface area (Å²) >= 11 is 0. The summed E-state index contributed by atoms with van der Waals surface area (Å²) in [4.78, 5) is 5.47. The Morgan fingerprint density at radius 3 is 2.89 bits per heavy atom. The van der Waals surface area contributed by atoms with Gasteiger partial charge in [-0.15, -0.1) is 10.2 Å². The molecule has 2 heterocycles. The van der Waals surface area contributed by atoms with Crippen LogP contribution in [0.5, 0.6) is 0 Å². The Balaban J connectivity index is 1.84. The first-order valence-corrected chi connectivity index (χ1v) is 5.74. The van der Waals surface area contributed by atoms with Crippen molar-refractivity contribution in [3.05, 3.63) is 60.2 Å². The Bertz CT molecular complexity index is 680. The molecular formula is C13H10FN5. The van der Waals surface area contributed by atoms with E-state index in [1.54, 1.807) is 24.5 Å². The van der Waals surface area contributed by atoms with Crippen LogP contribution in [-0.2, 0) is 6.54 Å². The monoisotopic (exact) mass is 255 g/mol. The Morgan fingerprint density at radius 1 is 1.16 bits per heavy atom. The number of tetrazole rings is 1. The molecule has 0 amide bonds. The maximum Gasteiger partial charge on any atom is 0.205 e. The van der Waals surface area contributed by atoms with E-state index in [9.17, 15) is 4.39 Å². The van der Waals surface area contributed by atoms with E-state index in [-0.39, 0.29) is 5.82 Å². The topological polar surface area (TPSA) is 56.5 Å². The highest BCUT2D eigenvalue weighted by molar-refractivity contribution is 5.53. The highest BCUT2D eigenvalue weighted by atomic mass is 19.1.